The van der Waals surface area contributed by atoms with Crippen LogP contribution >= 0.6 is 15.6 Å². The zero-order valence-corrected chi connectivity index (χ0v) is 67.1. The number of aliphatic hydroxyl groups excluding tert-OH is 1. The number of ether oxygens (including phenoxy) is 4. The van der Waals surface area contributed by atoms with Gasteiger partial charge in [-0.25, -0.2) is 9.13 Å². The van der Waals surface area contributed by atoms with Crippen LogP contribution in [0, 0.1) is 5.92 Å². The summed E-state index contributed by atoms with van der Waals surface area (Å²) in [6, 6.07) is 0. The first kappa shape index (κ1) is 98.1. The molecule has 594 valence electrons. The number of carbonyl (C=O) groups excluding carboxylic acids is 4. The average Bonchev–Trinajstić information content (AvgIpc) is 0.932. The first-order chi connectivity index (χ1) is 48.5. The third-order valence-electron chi connectivity index (χ3n) is 19.0. The number of hydrogen-bond donors (Lipinski definition) is 3. The van der Waals surface area contributed by atoms with Gasteiger partial charge in [0.15, 0.2) is 12.2 Å². The third-order valence-corrected chi connectivity index (χ3v) is 20.9. The maximum Gasteiger partial charge on any atom is 0.472 e. The van der Waals surface area contributed by atoms with Crippen molar-refractivity contribution < 1.29 is 80.2 Å². The summed E-state index contributed by atoms with van der Waals surface area (Å²) >= 11 is 0. The minimum Gasteiger partial charge on any atom is -0.462 e. The van der Waals surface area contributed by atoms with E-state index in [0.29, 0.717) is 25.7 Å². The molecular weight excluding hydrogens is 1310 g/mol. The molecule has 2 unspecified atom stereocenters. The van der Waals surface area contributed by atoms with E-state index in [2.05, 4.69) is 34.6 Å². The summed E-state index contributed by atoms with van der Waals surface area (Å²) in [7, 11) is -9.91. The average molecular weight is 1470 g/mol. The molecule has 0 amide bonds. The molecule has 0 aliphatic carbocycles. The van der Waals surface area contributed by atoms with Gasteiger partial charge in [-0.15, -0.1) is 0 Å². The molecule has 0 aromatic heterocycles. The number of esters is 4. The monoisotopic (exact) mass is 1470 g/mol. The predicted molar refractivity (Wildman–Crippen MR) is 409 cm³/mol. The lowest BCUT2D eigenvalue weighted by atomic mass is 10.0. The lowest BCUT2D eigenvalue weighted by molar-refractivity contribution is -0.161. The van der Waals surface area contributed by atoms with E-state index in [9.17, 15) is 43.2 Å². The first-order valence-electron chi connectivity index (χ1n) is 42.1. The molecule has 0 saturated carbocycles. The Labute approximate surface area is 613 Å². The molecule has 0 aliphatic rings. The van der Waals surface area contributed by atoms with E-state index in [-0.39, 0.29) is 25.7 Å². The van der Waals surface area contributed by atoms with Gasteiger partial charge >= 0.3 is 39.5 Å². The number of carbonyl (C=O) groups is 4. The third kappa shape index (κ3) is 74.3. The van der Waals surface area contributed by atoms with Gasteiger partial charge < -0.3 is 33.8 Å². The fourth-order valence-electron chi connectivity index (χ4n) is 12.6. The molecule has 0 heterocycles. The lowest BCUT2D eigenvalue weighted by Crippen LogP contribution is -2.30. The summed E-state index contributed by atoms with van der Waals surface area (Å²) in [4.78, 5) is 73.0. The summed E-state index contributed by atoms with van der Waals surface area (Å²) in [5.41, 5.74) is 0. The van der Waals surface area contributed by atoms with Crippen LogP contribution in [0.15, 0.2) is 0 Å². The molecule has 100 heavy (non-hydrogen) atoms. The molecule has 0 bridgehead atoms. The first-order valence-corrected chi connectivity index (χ1v) is 45.1. The maximum atomic E-state index is 13.1. The van der Waals surface area contributed by atoms with Crippen LogP contribution in [0.2, 0.25) is 0 Å². The number of aliphatic hydroxyl groups is 1. The molecular formula is C81H158O17P2. The van der Waals surface area contributed by atoms with Crippen molar-refractivity contribution in [1.29, 1.82) is 0 Å². The van der Waals surface area contributed by atoms with Crippen molar-refractivity contribution >= 4 is 39.5 Å². The van der Waals surface area contributed by atoms with Crippen LogP contribution < -0.4 is 0 Å². The van der Waals surface area contributed by atoms with Crippen LogP contribution in [0.25, 0.3) is 0 Å². The quantitative estimate of drug-likeness (QED) is 0.0222. The minimum absolute atomic E-state index is 0.108. The molecule has 0 saturated heterocycles. The molecule has 0 rings (SSSR count). The topological polar surface area (TPSA) is 237 Å². The minimum atomic E-state index is -4.96. The molecule has 0 aromatic carbocycles. The number of unbranched alkanes of at least 4 members (excludes halogenated alkanes) is 53. The number of rotatable bonds is 81. The van der Waals surface area contributed by atoms with Crippen LogP contribution in [-0.4, -0.2) is 96.7 Å². The lowest BCUT2D eigenvalue weighted by Gasteiger charge is -2.21. The van der Waals surface area contributed by atoms with Gasteiger partial charge in [-0.1, -0.05) is 381 Å². The van der Waals surface area contributed by atoms with Gasteiger partial charge in [0.25, 0.3) is 0 Å². The smallest absolute Gasteiger partial charge is 0.462 e. The van der Waals surface area contributed by atoms with E-state index >= 15 is 0 Å². The van der Waals surface area contributed by atoms with Crippen molar-refractivity contribution in [2.75, 3.05) is 39.6 Å². The fraction of sp³-hybridized carbons (Fsp3) is 0.951. The number of hydrogen-bond acceptors (Lipinski definition) is 15. The second-order valence-corrected chi connectivity index (χ2v) is 32.5. The summed E-state index contributed by atoms with van der Waals surface area (Å²) in [5, 5.41) is 10.6. The van der Waals surface area contributed by atoms with Crippen molar-refractivity contribution in [1.82, 2.24) is 0 Å². The predicted octanol–water partition coefficient (Wildman–Crippen LogP) is 24.4. The van der Waals surface area contributed by atoms with E-state index in [4.69, 9.17) is 37.0 Å². The Morgan fingerprint density at radius 1 is 0.270 bits per heavy atom. The molecule has 0 radical (unpaired) electrons. The van der Waals surface area contributed by atoms with Gasteiger partial charge in [0.2, 0.25) is 0 Å². The zero-order valence-electron chi connectivity index (χ0n) is 65.3. The van der Waals surface area contributed by atoms with Crippen LogP contribution in [0.4, 0.5) is 0 Å². The largest absolute Gasteiger partial charge is 0.472 e. The highest BCUT2D eigenvalue weighted by molar-refractivity contribution is 7.47. The Hall–Kier alpha value is -1.94. The van der Waals surface area contributed by atoms with Crippen LogP contribution in [0.3, 0.4) is 0 Å². The Kier molecular flexibility index (Phi) is 72.5. The molecule has 3 N–H and O–H groups in total. The summed E-state index contributed by atoms with van der Waals surface area (Å²) in [5.74, 6) is -1.32. The fourth-order valence-corrected chi connectivity index (χ4v) is 14.2. The second kappa shape index (κ2) is 73.9. The van der Waals surface area contributed by atoms with Crippen molar-refractivity contribution in [3.8, 4) is 0 Å². The van der Waals surface area contributed by atoms with Crippen molar-refractivity contribution in [3.05, 3.63) is 0 Å². The van der Waals surface area contributed by atoms with Gasteiger partial charge in [-0.05, 0) is 31.6 Å². The molecule has 0 aromatic rings. The van der Waals surface area contributed by atoms with Crippen molar-refractivity contribution in [2.24, 2.45) is 5.92 Å². The molecule has 17 nitrogen and oxygen atoms in total. The number of phosphoric ester groups is 2. The standard InChI is InChI=1S/C81H158O17P2/c1-6-9-12-15-18-21-24-26-27-28-29-30-31-32-33-34-37-42-47-52-57-62-67-81(86)98-77(71-92-79(84)65-60-55-50-45-41-38-35-36-39-43-48-53-58-63-74(4)5)73-96-100(89,90)94-69-75(82)68-93-99(87,88)95-72-76(70-91-78(83)64-59-54-49-44-23-20-17-14-11-8-3)97-80(85)66-61-56-51-46-40-25-22-19-16-13-10-7-2/h74-77,82H,6-73H2,1-5H3,(H,87,88)(H,89,90)/t75-,76+,77+/m0/s1. The summed E-state index contributed by atoms with van der Waals surface area (Å²) < 4.78 is 68.7. The molecule has 0 aliphatic heterocycles. The Balaban J connectivity index is 5.20. The van der Waals surface area contributed by atoms with Gasteiger partial charge in [-0.2, -0.15) is 0 Å². The van der Waals surface area contributed by atoms with Crippen molar-refractivity contribution in [3.63, 3.8) is 0 Å². The summed E-state index contributed by atoms with van der Waals surface area (Å²) in [6.07, 6.45) is 65.3. The van der Waals surface area contributed by atoms with Gasteiger partial charge in [0.05, 0.1) is 26.4 Å². The van der Waals surface area contributed by atoms with Crippen molar-refractivity contribution in [2.45, 2.75) is 451 Å². The molecule has 0 fully saturated rings. The van der Waals surface area contributed by atoms with E-state index in [1.165, 1.54) is 257 Å². The molecule has 19 heteroatoms. The van der Waals surface area contributed by atoms with Crippen LogP contribution in [-0.2, 0) is 65.4 Å². The Bertz CT molecular complexity index is 1910. The van der Waals surface area contributed by atoms with E-state index < -0.39 is 97.5 Å². The Morgan fingerprint density at radius 2 is 0.460 bits per heavy atom. The van der Waals surface area contributed by atoms with Gasteiger partial charge in [0.1, 0.15) is 19.3 Å². The second-order valence-electron chi connectivity index (χ2n) is 29.6. The SMILES string of the molecule is CCCCCCCCCCCCCCCCCCCCCCCCC(=O)O[C@H](COC(=O)CCCCCCCCCCCCCCCC(C)C)COP(=O)(O)OC[C@@H](O)COP(=O)(O)OC[C@@H](COC(=O)CCCCCCCCCCCC)OC(=O)CCCCCCCCCCCCCC. The normalized spacial score (nSPS) is 13.8. The summed E-state index contributed by atoms with van der Waals surface area (Å²) in [6.45, 7) is 7.33. The maximum absolute atomic E-state index is 13.1. The highest BCUT2D eigenvalue weighted by Crippen LogP contribution is 2.45. The van der Waals surface area contributed by atoms with Crippen LogP contribution in [0.1, 0.15) is 433 Å². The van der Waals surface area contributed by atoms with Gasteiger partial charge in [-0.3, -0.25) is 37.3 Å². The van der Waals surface area contributed by atoms with E-state index in [0.717, 1.165) is 95.8 Å². The molecule has 0 spiro atoms. The van der Waals surface area contributed by atoms with E-state index in [1.54, 1.807) is 0 Å². The van der Waals surface area contributed by atoms with Gasteiger partial charge in [0, 0.05) is 25.7 Å². The number of phosphoric acid groups is 2. The van der Waals surface area contributed by atoms with Crippen LogP contribution in [0.5, 0.6) is 0 Å². The zero-order chi connectivity index (χ0) is 73.4. The highest BCUT2D eigenvalue weighted by atomic mass is 31.2. The molecule has 5 atom stereocenters. The Morgan fingerprint density at radius 3 is 0.680 bits per heavy atom. The highest BCUT2D eigenvalue weighted by Gasteiger charge is 2.30. The van der Waals surface area contributed by atoms with E-state index in [1.807, 2.05) is 0 Å².